The van der Waals surface area contributed by atoms with Crippen LogP contribution < -0.4 is 0 Å². The SMILES string of the molecule is COCCCN1C(=O)CC[C@H]2CN(C(=O)c3cnn(C)c3)CC[C@H]21. The minimum atomic E-state index is 0.0457. The molecule has 3 rings (SSSR count). The van der Waals surface area contributed by atoms with Gasteiger partial charge < -0.3 is 14.5 Å². The predicted molar refractivity (Wildman–Crippen MR) is 88.4 cm³/mol. The van der Waals surface area contributed by atoms with Gasteiger partial charge in [0.15, 0.2) is 0 Å². The second kappa shape index (κ2) is 7.34. The van der Waals surface area contributed by atoms with Gasteiger partial charge in [-0.2, -0.15) is 5.10 Å². The van der Waals surface area contributed by atoms with Gasteiger partial charge in [-0.1, -0.05) is 0 Å². The first-order valence-electron chi connectivity index (χ1n) is 8.66. The monoisotopic (exact) mass is 334 g/mol. The van der Waals surface area contributed by atoms with Gasteiger partial charge in [0.2, 0.25) is 5.91 Å². The Hall–Kier alpha value is -1.89. The molecule has 0 unspecified atom stereocenters. The van der Waals surface area contributed by atoms with Gasteiger partial charge in [0, 0.05) is 59.1 Å². The number of fused-ring (bicyclic) bond motifs is 1. The fourth-order valence-electron chi connectivity index (χ4n) is 3.92. The number of carbonyl (C=O) groups is 2. The van der Waals surface area contributed by atoms with E-state index in [1.54, 1.807) is 24.2 Å². The number of hydrogen-bond donors (Lipinski definition) is 0. The topological polar surface area (TPSA) is 67.7 Å². The summed E-state index contributed by atoms with van der Waals surface area (Å²) in [6.07, 6.45) is 6.56. The highest BCUT2D eigenvalue weighted by Gasteiger charge is 2.40. The van der Waals surface area contributed by atoms with E-state index in [1.807, 2.05) is 16.8 Å². The van der Waals surface area contributed by atoms with Gasteiger partial charge in [0.25, 0.3) is 5.91 Å². The van der Waals surface area contributed by atoms with E-state index < -0.39 is 0 Å². The third kappa shape index (κ3) is 3.45. The number of piperidine rings is 2. The lowest BCUT2D eigenvalue weighted by atomic mass is 9.83. The highest BCUT2D eigenvalue weighted by atomic mass is 16.5. The number of carbonyl (C=O) groups excluding carboxylic acids is 2. The number of nitrogens with zero attached hydrogens (tertiary/aromatic N) is 4. The zero-order valence-electron chi connectivity index (χ0n) is 14.5. The summed E-state index contributed by atoms with van der Waals surface area (Å²) < 4.78 is 6.75. The van der Waals surface area contributed by atoms with Crippen molar-refractivity contribution in [1.82, 2.24) is 19.6 Å². The lowest BCUT2D eigenvalue weighted by Crippen LogP contribution is -2.57. The number of hydrogen-bond acceptors (Lipinski definition) is 4. The van der Waals surface area contributed by atoms with Gasteiger partial charge in [-0.25, -0.2) is 0 Å². The van der Waals surface area contributed by atoms with Crippen molar-refractivity contribution in [2.45, 2.75) is 31.7 Å². The van der Waals surface area contributed by atoms with Crippen LogP contribution in [-0.4, -0.2) is 70.8 Å². The second-order valence-electron chi connectivity index (χ2n) is 6.74. The van der Waals surface area contributed by atoms with E-state index in [0.717, 1.165) is 32.4 Å². The smallest absolute Gasteiger partial charge is 0.257 e. The summed E-state index contributed by atoms with van der Waals surface area (Å²) in [4.78, 5) is 28.8. The summed E-state index contributed by atoms with van der Waals surface area (Å²) in [5.41, 5.74) is 0.639. The van der Waals surface area contributed by atoms with E-state index in [1.165, 1.54) is 0 Å². The van der Waals surface area contributed by atoms with E-state index in [-0.39, 0.29) is 17.9 Å². The minimum Gasteiger partial charge on any atom is -0.385 e. The minimum absolute atomic E-state index is 0.0457. The maximum absolute atomic E-state index is 12.6. The maximum Gasteiger partial charge on any atom is 0.257 e. The van der Waals surface area contributed by atoms with E-state index in [0.29, 0.717) is 31.1 Å². The number of aryl methyl sites for hydroxylation is 1. The van der Waals surface area contributed by atoms with Gasteiger partial charge in [0.1, 0.15) is 0 Å². The molecule has 2 aliphatic heterocycles. The van der Waals surface area contributed by atoms with Gasteiger partial charge in [0.05, 0.1) is 11.8 Å². The molecule has 0 saturated carbocycles. The molecular weight excluding hydrogens is 308 g/mol. The van der Waals surface area contributed by atoms with E-state index in [9.17, 15) is 9.59 Å². The Kier molecular flexibility index (Phi) is 5.18. The summed E-state index contributed by atoms with van der Waals surface area (Å²) in [7, 11) is 3.50. The Bertz CT molecular complexity index is 600. The first-order valence-corrected chi connectivity index (χ1v) is 8.66. The second-order valence-corrected chi connectivity index (χ2v) is 6.74. The molecule has 24 heavy (non-hydrogen) atoms. The Morgan fingerprint density at radius 3 is 2.96 bits per heavy atom. The molecule has 7 heteroatoms. The number of methoxy groups -OCH3 is 1. The fourth-order valence-corrected chi connectivity index (χ4v) is 3.92. The highest BCUT2D eigenvalue weighted by molar-refractivity contribution is 5.93. The molecule has 2 amide bonds. The normalized spacial score (nSPS) is 24.2. The first-order chi connectivity index (χ1) is 11.6. The third-order valence-corrected chi connectivity index (χ3v) is 5.13. The van der Waals surface area contributed by atoms with Crippen molar-refractivity contribution in [3.63, 3.8) is 0 Å². The number of rotatable bonds is 5. The Morgan fingerprint density at radius 2 is 2.25 bits per heavy atom. The van der Waals surface area contributed by atoms with Crippen LogP contribution in [0.1, 0.15) is 36.0 Å². The number of ether oxygens (including phenoxy) is 1. The average molecular weight is 334 g/mol. The van der Waals surface area contributed by atoms with Crippen molar-refractivity contribution in [1.29, 1.82) is 0 Å². The van der Waals surface area contributed by atoms with Crippen LogP contribution in [0.4, 0.5) is 0 Å². The molecule has 3 heterocycles. The number of aromatic nitrogens is 2. The zero-order chi connectivity index (χ0) is 17.1. The van der Waals surface area contributed by atoms with Crippen LogP contribution in [0.25, 0.3) is 0 Å². The standard InChI is InChI=1S/C17H26N4O3/c1-19-11-14(10-18-19)17(23)20-8-6-15-13(12-20)4-5-16(22)21(15)7-3-9-24-2/h10-11,13,15H,3-9,12H2,1-2H3/t13-,15+/m0/s1. The molecule has 0 radical (unpaired) electrons. The molecule has 1 aromatic rings. The fraction of sp³-hybridized carbons (Fsp3) is 0.706. The lowest BCUT2D eigenvalue weighted by Gasteiger charge is -2.47. The van der Waals surface area contributed by atoms with Crippen LogP contribution in [0.2, 0.25) is 0 Å². The van der Waals surface area contributed by atoms with Crippen LogP contribution in [0.15, 0.2) is 12.4 Å². The van der Waals surface area contributed by atoms with Crippen LogP contribution >= 0.6 is 0 Å². The Balaban J connectivity index is 1.63. The quantitative estimate of drug-likeness (QED) is 0.751. The molecule has 2 fully saturated rings. The summed E-state index contributed by atoms with van der Waals surface area (Å²) in [5, 5.41) is 4.08. The van der Waals surface area contributed by atoms with Gasteiger partial charge >= 0.3 is 0 Å². The highest BCUT2D eigenvalue weighted by Crippen LogP contribution is 2.32. The number of amides is 2. The molecule has 0 N–H and O–H groups in total. The van der Waals surface area contributed by atoms with Gasteiger partial charge in [-0.05, 0) is 25.2 Å². The van der Waals surface area contributed by atoms with Crippen LogP contribution in [0.5, 0.6) is 0 Å². The molecule has 0 aliphatic carbocycles. The zero-order valence-corrected chi connectivity index (χ0v) is 14.5. The summed E-state index contributed by atoms with van der Waals surface area (Å²) in [6, 6.07) is 0.265. The van der Waals surface area contributed by atoms with Gasteiger partial charge in [-0.3, -0.25) is 14.3 Å². The van der Waals surface area contributed by atoms with Crippen molar-refractivity contribution in [2.75, 3.05) is 33.4 Å². The maximum atomic E-state index is 12.6. The largest absolute Gasteiger partial charge is 0.385 e. The van der Waals surface area contributed by atoms with E-state index in [2.05, 4.69) is 5.10 Å². The molecule has 2 saturated heterocycles. The summed E-state index contributed by atoms with van der Waals surface area (Å²) in [6.45, 7) is 2.85. The van der Waals surface area contributed by atoms with Crippen molar-refractivity contribution in [2.24, 2.45) is 13.0 Å². The summed E-state index contributed by atoms with van der Waals surface area (Å²) in [5.74, 6) is 0.670. The molecule has 0 spiro atoms. The van der Waals surface area contributed by atoms with Crippen LogP contribution in [0.3, 0.4) is 0 Å². The average Bonchev–Trinajstić information content (AvgIpc) is 3.02. The van der Waals surface area contributed by atoms with E-state index in [4.69, 9.17) is 4.74 Å². The van der Waals surface area contributed by atoms with Crippen molar-refractivity contribution in [3.05, 3.63) is 18.0 Å². The molecule has 0 aromatic carbocycles. The summed E-state index contributed by atoms with van der Waals surface area (Å²) >= 11 is 0. The lowest BCUT2D eigenvalue weighted by molar-refractivity contribution is -0.140. The Labute approximate surface area is 142 Å². The van der Waals surface area contributed by atoms with Crippen molar-refractivity contribution in [3.8, 4) is 0 Å². The molecule has 0 bridgehead atoms. The molecule has 1 aromatic heterocycles. The molecule has 132 valence electrons. The number of likely N-dealkylation sites (tertiary alicyclic amines) is 2. The van der Waals surface area contributed by atoms with Crippen molar-refractivity contribution < 1.29 is 14.3 Å². The molecule has 7 nitrogen and oxygen atoms in total. The van der Waals surface area contributed by atoms with Gasteiger partial charge in [-0.15, -0.1) is 0 Å². The molecule has 2 aliphatic rings. The molecule has 2 atom stereocenters. The predicted octanol–water partition coefficient (Wildman–Crippen LogP) is 0.910. The Morgan fingerprint density at radius 1 is 1.42 bits per heavy atom. The first kappa shape index (κ1) is 17.0. The van der Waals surface area contributed by atoms with Crippen molar-refractivity contribution >= 4 is 11.8 Å². The van der Waals surface area contributed by atoms with Crippen LogP contribution in [-0.2, 0) is 16.6 Å². The molecular formula is C17H26N4O3. The third-order valence-electron chi connectivity index (χ3n) is 5.13. The van der Waals surface area contributed by atoms with E-state index >= 15 is 0 Å². The van der Waals surface area contributed by atoms with Crippen LogP contribution in [0, 0.1) is 5.92 Å².